The number of halogens is 2. The second kappa shape index (κ2) is 8.61. The first-order valence-electron chi connectivity index (χ1n) is 8.67. The van der Waals surface area contributed by atoms with Crippen molar-refractivity contribution in [3.63, 3.8) is 0 Å². The van der Waals surface area contributed by atoms with Gasteiger partial charge >= 0.3 is 0 Å². The van der Waals surface area contributed by atoms with E-state index in [1.54, 1.807) is 12.1 Å². The Hall–Kier alpha value is -1.60. The predicted molar refractivity (Wildman–Crippen MR) is 107 cm³/mol. The maximum absolute atomic E-state index is 12.9. The van der Waals surface area contributed by atoms with Crippen molar-refractivity contribution in [2.75, 3.05) is 13.1 Å². The zero-order valence-electron chi connectivity index (χ0n) is 14.6. The van der Waals surface area contributed by atoms with Gasteiger partial charge in [-0.2, -0.15) is 4.31 Å². The fourth-order valence-corrected chi connectivity index (χ4v) is 5.04. The zero-order chi connectivity index (χ0) is 19.4. The molecular weight excluding hydrogens is 407 g/mol. The molecule has 3 rings (SSSR count). The van der Waals surface area contributed by atoms with E-state index in [1.165, 1.54) is 28.6 Å². The largest absolute Gasteiger partial charge is 0.354 e. The SMILES string of the molecule is O=C(NCCc1ccc(Cl)cc1)C1CCCN1S(=O)(=O)c1ccc(Cl)cc1. The van der Waals surface area contributed by atoms with Gasteiger partial charge in [-0.1, -0.05) is 35.3 Å². The van der Waals surface area contributed by atoms with Crippen molar-refractivity contribution >= 4 is 39.1 Å². The van der Waals surface area contributed by atoms with Crippen LogP contribution in [-0.2, 0) is 21.2 Å². The van der Waals surface area contributed by atoms with E-state index >= 15 is 0 Å². The predicted octanol–water partition coefficient (Wildman–Crippen LogP) is 3.51. The molecule has 0 saturated carbocycles. The maximum atomic E-state index is 12.9. The monoisotopic (exact) mass is 426 g/mol. The van der Waals surface area contributed by atoms with E-state index in [9.17, 15) is 13.2 Å². The van der Waals surface area contributed by atoms with E-state index in [4.69, 9.17) is 23.2 Å². The minimum absolute atomic E-state index is 0.146. The number of sulfonamides is 1. The number of hydrogen-bond donors (Lipinski definition) is 1. The highest BCUT2D eigenvalue weighted by molar-refractivity contribution is 7.89. The summed E-state index contributed by atoms with van der Waals surface area (Å²) in [5.41, 5.74) is 1.05. The Kier molecular flexibility index (Phi) is 6.42. The molecule has 2 aromatic carbocycles. The van der Waals surface area contributed by atoms with Crippen molar-refractivity contribution in [1.29, 1.82) is 0 Å². The van der Waals surface area contributed by atoms with Gasteiger partial charge in [0.2, 0.25) is 15.9 Å². The third-order valence-corrected chi connectivity index (χ3v) is 6.98. The van der Waals surface area contributed by atoms with Gasteiger partial charge in [-0.15, -0.1) is 0 Å². The summed E-state index contributed by atoms with van der Waals surface area (Å²) in [4.78, 5) is 12.7. The standard InChI is InChI=1S/C19H20Cl2N2O3S/c20-15-5-3-14(4-6-15)11-12-22-19(24)18-2-1-13-23(18)27(25,26)17-9-7-16(21)8-10-17/h3-10,18H,1-2,11-13H2,(H,22,24). The van der Waals surface area contributed by atoms with Gasteiger partial charge in [-0.05, 0) is 61.2 Å². The summed E-state index contributed by atoms with van der Waals surface area (Å²) >= 11 is 11.7. The molecule has 1 saturated heterocycles. The second-order valence-electron chi connectivity index (χ2n) is 6.40. The van der Waals surface area contributed by atoms with Gasteiger partial charge in [0.05, 0.1) is 4.90 Å². The summed E-state index contributed by atoms with van der Waals surface area (Å²) in [5.74, 6) is -0.265. The van der Waals surface area contributed by atoms with Gasteiger partial charge in [-0.25, -0.2) is 8.42 Å². The Bertz CT molecular complexity index is 900. The van der Waals surface area contributed by atoms with Crippen LogP contribution in [0.4, 0.5) is 0 Å². The molecule has 1 unspecified atom stereocenters. The van der Waals surface area contributed by atoms with Crippen molar-refractivity contribution in [2.24, 2.45) is 0 Å². The molecule has 1 aliphatic rings. The first-order valence-corrected chi connectivity index (χ1v) is 10.9. The van der Waals surface area contributed by atoms with E-state index in [0.717, 1.165) is 5.56 Å². The summed E-state index contributed by atoms with van der Waals surface area (Å²) < 4.78 is 27.0. The van der Waals surface area contributed by atoms with E-state index in [0.29, 0.717) is 42.4 Å². The Morgan fingerprint density at radius 2 is 1.63 bits per heavy atom. The number of rotatable bonds is 6. The summed E-state index contributed by atoms with van der Waals surface area (Å²) in [6.07, 6.45) is 1.82. The van der Waals surface area contributed by atoms with Gasteiger partial charge in [0.15, 0.2) is 0 Å². The molecule has 0 radical (unpaired) electrons. The topological polar surface area (TPSA) is 66.5 Å². The number of carbonyl (C=O) groups excluding carboxylic acids is 1. The van der Waals surface area contributed by atoms with Crippen LogP contribution in [0.5, 0.6) is 0 Å². The lowest BCUT2D eigenvalue weighted by molar-refractivity contribution is -0.124. The smallest absolute Gasteiger partial charge is 0.243 e. The second-order valence-corrected chi connectivity index (χ2v) is 9.16. The van der Waals surface area contributed by atoms with Crippen LogP contribution in [0.1, 0.15) is 18.4 Å². The lowest BCUT2D eigenvalue weighted by Gasteiger charge is -2.23. The first-order chi connectivity index (χ1) is 12.9. The van der Waals surface area contributed by atoms with Crippen molar-refractivity contribution in [3.8, 4) is 0 Å². The summed E-state index contributed by atoms with van der Waals surface area (Å²) in [6, 6.07) is 12.7. The molecule has 1 N–H and O–H groups in total. The van der Waals surface area contributed by atoms with Crippen LogP contribution >= 0.6 is 23.2 Å². The van der Waals surface area contributed by atoms with Gasteiger partial charge < -0.3 is 5.32 Å². The molecule has 1 aliphatic heterocycles. The number of nitrogens with zero attached hydrogens (tertiary/aromatic N) is 1. The Morgan fingerprint density at radius 1 is 1.04 bits per heavy atom. The highest BCUT2D eigenvalue weighted by atomic mass is 35.5. The normalized spacial score (nSPS) is 17.8. The van der Waals surface area contributed by atoms with Crippen LogP contribution in [0.15, 0.2) is 53.4 Å². The van der Waals surface area contributed by atoms with E-state index in [1.807, 2.05) is 12.1 Å². The van der Waals surface area contributed by atoms with Crippen molar-refractivity contribution < 1.29 is 13.2 Å². The lowest BCUT2D eigenvalue weighted by Crippen LogP contribution is -2.46. The van der Waals surface area contributed by atoms with Crippen molar-refractivity contribution in [3.05, 3.63) is 64.1 Å². The quantitative estimate of drug-likeness (QED) is 0.768. The summed E-state index contributed by atoms with van der Waals surface area (Å²) in [6.45, 7) is 0.770. The molecule has 144 valence electrons. The molecular formula is C19H20Cl2N2O3S. The number of carbonyl (C=O) groups is 1. The molecule has 5 nitrogen and oxygen atoms in total. The molecule has 1 atom stereocenters. The van der Waals surface area contributed by atoms with Crippen molar-refractivity contribution in [2.45, 2.75) is 30.2 Å². The van der Waals surface area contributed by atoms with Gasteiger partial charge in [0.25, 0.3) is 0 Å². The minimum atomic E-state index is -3.73. The Morgan fingerprint density at radius 3 is 2.26 bits per heavy atom. The molecule has 8 heteroatoms. The maximum Gasteiger partial charge on any atom is 0.243 e. The van der Waals surface area contributed by atoms with Crippen LogP contribution in [0, 0.1) is 0 Å². The summed E-state index contributed by atoms with van der Waals surface area (Å²) in [5, 5.41) is 3.98. The lowest BCUT2D eigenvalue weighted by atomic mass is 10.1. The minimum Gasteiger partial charge on any atom is -0.354 e. The number of benzene rings is 2. The van der Waals surface area contributed by atoms with Crippen LogP contribution in [0.2, 0.25) is 10.0 Å². The van der Waals surface area contributed by atoms with Crippen LogP contribution in [-0.4, -0.2) is 37.8 Å². The Labute approximate surface area is 169 Å². The van der Waals surface area contributed by atoms with Gasteiger partial charge in [0, 0.05) is 23.1 Å². The fraction of sp³-hybridized carbons (Fsp3) is 0.316. The molecule has 0 bridgehead atoms. The van der Waals surface area contributed by atoms with E-state index < -0.39 is 16.1 Å². The van der Waals surface area contributed by atoms with E-state index in [-0.39, 0.29) is 10.8 Å². The van der Waals surface area contributed by atoms with E-state index in [2.05, 4.69) is 5.32 Å². The highest BCUT2D eigenvalue weighted by Gasteiger charge is 2.39. The first kappa shape index (κ1) is 20.1. The third kappa shape index (κ3) is 4.82. The van der Waals surface area contributed by atoms with Gasteiger partial charge in [0.1, 0.15) is 6.04 Å². The highest BCUT2D eigenvalue weighted by Crippen LogP contribution is 2.27. The summed E-state index contributed by atoms with van der Waals surface area (Å²) in [7, 11) is -3.73. The zero-order valence-corrected chi connectivity index (χ0v) is 16.9. The third-order valence-electron chi connectivity index (χ3n) is 4.55. The molecule has 0 aromatic heterocycles. The fourth-order valence-electron chi connectivity index (χ4n) is 3.13. The molecule has 1 amide bonds. The van der Waals surface area contributed by atoms with Gasteiger partial charge in [-0.3, -0.25) is 4.79 Å². The van der Waals surface area contributed by atoms with Crippen molar-refractivity contribution in [1.82, 2.24) is 9.62 Å². The molecule has 2 aromatic rings. The molecule has 0 aliphatic carbocycles. The van der Waals surface area contributed by atoms with Crippen LogP contribution in [0.25, 0.3) is 0 Å². The van der Waals surface area contributed by atoms with Crippen LogP contribution in [0.3, 0.4) is 0 Å². The molecule has 27 heavy (non-hydrogen) atoms. The number of amides is 1. The number of hydrogen-bond acceptors (Lipinski definition) is 3. The molecule has 0 spiro atoms. The van der Waals surface area contributed by atoms with Crippen LogP contribution < -0.4 is 5.32 Å². The Balaban J connectivity index is 1.63. The molecule has 1 fully saturated rings. The average molecular weight is 427 g/mol. The average Bonchev–Trinajstić information content (AvgIpc) is 3.14. The number of nitrogens with one attached hydrogen (secondary N) is 1. The molecule has 1 heterocycles.